The number of nitrogens with one attached hydrogen (secondary N) is 1. The first-order valence-electron chi connectivity index (χ1n) is 10.8. The number of carbonyl (C=O) groups is 2. The average molecular weight is 437 g/mol. The third kappa shape index (κ3) is 4.90. The van der Waals surface area contributed by atoms with Gasteiger partial charge in [0.1, 0.15) is 11.5 Å². The Kier molecular flexibility index (Phi) is 6.56. The van der Waals surface area contributed by atoms with Gasteiger partial charge in [0.25, 0.3) is 5.91 Å². The maximum Gasteiger partial charge on any atom is 0.251 e. The molecule has 0 spiro atoms. The maximum atomic E-state index is 13.6. The third-order valence-electron chi connectivity index (χ3n) is 5.79. The summed E-state index contributed by atoms with van der Waals surface area (Å²) in [4.78, 5) is 29.8. The number of furan rings is 1. The van der Waals surface area contributed by atoms with Gasteiger partial charge in [0, 0.05) is 16.6 Å². The van der Waals surface area contributed by atoms with E-state index in [9.17, 15) is 9.59 Å². The highest BCUT2D eigenvalue weighted by Gasteiger charge is 2.36. The molecule has 4 rings (SSSR count). The largest absolute Gasteiger partial charge is 0.464 e. The molecule has 1 atom stereocenters. The molecule has 162 valence electrons. The lowest BCUT2D eigenvalue weighted by atomic mass is 10.1. The summed E-state index contributed by atoms with van der Waals surface area (Å²) in [5.74, 6) is 0.876. The van der Waals surface area contributed by atoms with Crippen LogP contribution in [0.1, 0.15) is 53.7 Å². The van der Waals surface area contributed by atoms with Crippen LogP contribution < -0.4 is 10.2 Å². The quantitative estimate of drug-likeness (QED) is 0.544. The number of para-hydroxylation sites is 1. The molecule has 5 nitrogen and oxygen atoms in total. The van der Waals surface area contributed by atoms with Gasteiger partial charge in [-0.1, -0.05) is 37.1 Å². The van der Waals surface area contributed by atoms with Crippen molar-refractivity contribution in [2.75, 3.05) is 4.90 Å². The van der Waals surface area contributed by atoms with E-state index in [1.54, 1.807) is 22.3 Å². The molecule has 0 radical (unpaired) electrons. The van der Waals surface area contributed by atoms with Crippen molar-refractivity contribution in [1.29, 1.82) is 0 Å². The summed E-state index contributed by atoms with van der Waals surface area (Å²) in [6.45, 7) is 3.81. The van der Waals surface area contributed by atoms with Gasteiger partial charge in [-0.15, -0.1) is 11.3 Å². The Morgan fingerprint density at radius 1 is 1.10 bits per heavy atom. The Hall–Kier alpha value is -2.86. The lowest BCUT2D eigenvalue weighted by Gasteiger charge is -2.32. The number of amides is 2. The predicted octanol–water partition coefficient (Wildman–Crippen LogP) is 5.33. The van der Waals surface area contributed by atoms with Crippen molar-refractivity contribution in [1.82, 2.24) is 5.32 Å². The first kappa shape index (κ1) is 21.4. The lowest BCUT2D eigenvalue weighted by Crippen LogP contribution is -2.47. The second-order valence-electron chi connectivity index (χ2n) is 8.15. The summed E-state index contributed by atoms with van der Waals surface area (Å²) in [7, 11) is 0. The number of thiophene rings is 1. The van der Waals surface area contributed by atoms with Gasteiger partial charge in [-0.25, -0.2) is 0 Å². The van der Waals surface area contributed by atoms with E-state index in [1.807, 2.05) is 61.7 Å². The number of nitrogens with zero attached hydrogens (tertiary/aromatic N) is 1. The van der Waals surface area contributed by atoms with Crippen LogP contribution in [0, 0.1) is 13.8 Å². The zero-order valence-corrected chi connectivity index (χ0v) is 18.8. The minimum Gasteiger partial charge on any atom is -0.464 e. The molecule has 1 saturated carbocycles. The van der Waals surface area contributed by atoms with E-state index in [2.05, 4.69) is 5.32 Å². The smallest absolute Gasteiger partial charge is 0.251 e. The SMILES string of the molecule is Cc1ccc([C@@H](C(=O)NC2CCCC2)N(C(=O)Cc2cccs2)c2ccccc2C)o1. The number of anilines is 1. The third-order valence-corrected chi connectivity index (χ3v) is 6.66. The number of hydrogen-bond donors (Lipinski definition) is 1. The summed E-state index contributed by atoms with van der Waals surface area (Å²) in [5.41, 5.74) is 1.66. The molecule has 0 bridgehead atoms. The predicted molar refractivity (Wildman–Crippen MR) is 123 cm³/mol. The number of aryl methyl sites for hydroxylation is 2. The normalized spacial score (nSPS) is 15.0. The highest BCUT2D eigenvalue weighted by Crippen LogP contribution is 2.33. The Labute approximate surface area is 187 Å². The Bertz CT molecular complexity index is 1030. The highest BCUT2D eigenvalue weighted by atomic mass is 32.1. The molecule has 2 heterocycles. The molecule has 2 aromatic heterocycles. The molecule has 1 fully saturated rings. The zero-order valence-electron chi connectivity index (χ0n) is 18.0. The van der Waals surface area contributed by atoms with Gasteiger partial charge >= 0.3 is 0 Å². The molecule has 0 aliphatic heterocycles. The summed E-state index contributed by atoms with van der Waals surface area (Å²) < 4.78 is 5.91. The van der Waals surface area contributed by atoms with E-state index >= 15 is 0 Å². The van der Waals surface area contributed by atoms with Crippen LogP contribution in [0.15, 0.2) is 58.3 Å². The van der Waals surface area contributed by atoms with E-state index in [0.717, 1.165) is 41.8 Å². The fourth-order valence-corrected chi connectivity index (χ4v) is 4.92. The van der Waals surface area contributed by atoms with Crippen LogP contribution in [-0.4, -0.2) is 17.9 Å². The number of hydrogen-bond acceptors (Lipinski definition) is 4. The van der Waals surface area contributed by atoms with E-state index < -0.39 is 6.04 Å². The Morgan fingerprint density at radius 2 is 1.87 bits per heavy atom. The van der Waals surface area contributed by atoms with Crippen molar-refractivity contribution < 1.29 is 14.0 Å². The summed E-state index contributed by atoms with van der Waals surface area (Å²) in [6.07, 6.45) is 4.42. The van der Waals surface area contributed by atoms with Crippen LogP contribution >= 0.6 is 11.3 Å². The van der Waals surface area contributed by atoms with Crippen LogP contribution in [0.2, 0.25) is 0 Å². The Morgan fingerprint density at radius 3 is 2.52 bits per heavy atom. The molecule has 6 heteroatoms. The molecule has 1 aliphatic carbocycles. The second-order valence-corrected chi connectivity index (χ2v) is 9.18. The minimum atomic E-state index is -0.858. The van der Waals surface area contributed by atoms with Crippen LogP contribution in [0.3, 0.4) is 0 Å². The molecule has 31 heavy (non-hydrogen) atoms. The summed E-state index contributed by atoms with van der Waals surface area (Å²) >= 11 is 1.54. The Balaban J connectivity index is 1.75. The van der Waals surface area contributed by atoms with Gasteiger partial charge in [-0.05, 0) is 61.9 Å². The van der Waals surface area contributed by atoms with Crippen LogP contribution in [-0.2, 0) is 16.0 Å². The van der Waals surface area contributed by atoms with Gasteiger partial charge in [0.15, 0.2) is 6.04 Å². The average Bonchev–Trinajstić information content (AvgIpc) is 3.51. The first-order valence-corrected chi connectivity index (χ1v) is 11.7. The number of rotatable bonds is 7. The van der Waals surface area contributed by atoms with Gasteiger partial charge in [0.2, 0.25) is 5.91 Å². The van der Waals surface area contributed by atoms with Crippen molar-refractivity contribution in [3.05, 3.63) is 75.9 Å². The van der Waals surface area contributed by atoms with Gasteiger partial charge in [-0.2, -0.15) is 0 Å². The van der Waals surface area contributed by atoms with Gasteiger partial charge < -0.3 is 9.73 Å². The minimum absolute atomic E-state index is 0.127. The molecular formula is C25H28N2O3S. The second kappa shape index (κ2) is 9.52. The molecule has 0 saturated heterocycles. The molecule has 1 aromatic carbocycles. The standard InChI is InChI=1S/C25H28N2O3S/c1-17-8-3-6-12-21(17)27(23(28)16-20-11-7-15-31-20)24(22-14-13-18(2)30-22)25(29)26-19-9-4-5-10-19/h3,6-8,11-15,19,24H,4-5,9-10,16H2,1-2H3,(H,26,29)/t24-/m0/s1. The van der Waals surface area contributed by atoms with E-state index in [0.29, 0.717) is 11.5 Å². The van der Waals surface area contributed by atoms with Crippen LogP contribution in [0.25, 0.3) is 0 Å². The summed E-state index contributed by atoms with van der Waals surface area (Å²) in [5, 5.41) is 5.14. The maximum absolute atomic E-state index is 13.6. The highest BCUT2D eigenvalue weighted by molar-refractivity contribution is 7.10. The van der Waals surface area contributed by atoms with Crippen molar-refractivity contribution in [3.63, 3.8) is 0 Å². The topological polar surface area (TPSA) is 62.6 Å². The molecule has 3 aromatic rings. The molecule has 1 aliphatic rings. The van der Waals surface area contributed by atoms with Crippen molar-refractivity contribution in [3.8, 4) is 0 Å². The fourth-order valence-electron chi connectivity index (χ4n) is 4.22. The molecule has 0 unspecified atom stereocenters. The van der Waals surface area contributed by atoms with Crippen molar-refractivity contribution in [2.45, 2.75) is 58.0 Å². The van der Waals surface area contributed by atoms with Gasteiger partial charge in [0.05, 0.1) is 6.42 Å². The van der Waals surface area contributed by atoms with Crippen molar-refractivity contribution in [2.24, 2.45) is 0 Å². The van der Waals surface area contributed by atoms with Crippen LogP contribution in [0.4, 0.5) is 5.69 Å². The van der Waals surface area contributed by atoms with Gasteiger partial charge in [-0.3, -0.25) is 14.5 Å². The van der Waals surface area contributed by atoms with E-state index in [4.69, 9.17) is 4.42 Å². The lowest BCUT2D eigenvalue weighted by molar-refractivity contribution is -0.127. The van der Waals surface area contributed by atoms with Crippen LogP contribution in [0.5, 0.6) is 0 Å². The van der Waals surface area contributed by atoms with E-state index in [-0.39, 0.29) is 24.3 Å². The molecule has 1 N–H and O–H groups in total. The molecular weight excluding hydrogens is 408 g/mol. The monoisotopic (exact) mass is 436 g/mol. The van der Waals surface area contributed by atoms with Crippen molar-refractivity contribution >= 4 is 28.8 Å². The zero-order chi connectivity index (χ0) is 21.8. The van der Waals surface area contributed by atoms with E-state index in [1.165, 1.54) is 0 Å². The fraction of sp³-hybridized carbons (Fsp3) is 0.360. The summed E-state index contributed by atoms with van der Waals surface area (Å²) in [6, 6.07) is 14.5. The number of benzene rings is 1. The number of carbonyl (C=O) groups excluding carboxylic acids is 2. The first-order chi connectivity index (χ1) is 15.0. The molecule has 2 amide bonds.